The summed E-state index contributed by atoms with van der Waals surface area (Å²) in [5, 5.41) is 9.08. The molecule has 102 valence electrons. The molecule has 1 heterocycles. The van der Waals surface area contributed by atoms with Crippen molar-refractivity contribution < 1.29 is 0 Å². The zero-order chi connectivity index (χ0) is 13.8. The minimum Gasteiger partial charge on any atom is -0.282 e. The van der Waals surface area contributed by atoms with Gasteiger partial charge in [-0.25, -0.2) is 0 Å². The lowest BCUT2D eigenvalue weighted by molar-refractivity contribution is 0.794. The van der Waals surface area contributed by atoms with Gasteiger partial charge in [0.25, 0.3) is 0 Å². The summed E-state index contributed by atoms with van der Waals surface area (Å²) in [6.07, 6.45) is 4.32. The second-order valence-electron chi connectivity index (χ2n) is 4.74. The van der Waals surface area contributed by atoms with Crippen LogP contribution in [0.4, 0.5) is 0 Å². The van der Waals surface area contributed by atoms with Crippen molar-refractivity contribution in [3.63, 3.8) is 0 Å². The Balaban J connectivity index is 2.37. The van der Waals surface area contributed by atoms with Gasteiger partial charge in [0.2, 0.25) is 0 Å². The summed E-state index contributed by atoms with van der Waals surface area (Å²) in [5.74, 6) is 1.82. The zero-order valence-electron chi connectivity index (χ0n) is 11.8. The summed E-state index contributed by atoms with van der Waals surface area (Å²) in [6.45, 7) is 6.22. The van der Waals surface area contributed by atoms with Crippen molar-refractivity contribution in [2.45, 2.75) is 46.5 Å². The average Bonchev–Trinajstić information content (AvgIpc) is 2.78. The lowest BCUT2D eigenvalue weighted by Crippen LogP contribution is -2.03. The van der Waals surface area contributed by atoms with Crippen LogP contribution in [0.3, 0.4) is 0 Å². The predicted molar refractivity (Wildman–Crippen MR) is 79.1 cm³/mol. The van der Waals surface area contributed by atoms with Crippen LogP contribution in [0.1, 0.15) is 43.9 Å². The van der Waals surface area contributed by atoms with Crippen molar-refractivity contribution >= 4 is 11.6 Å². The van der Waals surface area contributed by atoms with Crippen molar-refractivity contribution in [3.05, 3.63) is 40.4 Å². The predicted octanol–water partition coefficient (Wildman–Crippen LogP) is 4.13. The van der Waals surface area contributed by atoms with Crippen molar-refractivity contribution in [3.8, 4) is 5.69 Å². The number of aromatic nitrogens is 3. The molecule has 0 aliphatic heterocycles. The fourth-order valence-electron chi connectivity index (χ4n) is 2.22. The lowest BCUT2D eigenvalue weighted by Gasteiger charge is -2.11. The lowest BCUT2D eigenvalue weighted by atomic mass is 10.1. The topological polar surface area (TPSA) is 30.7 Å². The van der Waals surface area contributed by atoms with E-state index < -0.39 is 0 Å². The van der Waals surface area contributed by atoms with E-state index in [1.807, 2.05) is 11.5 Å². The minimum absolute atomic E-state index is 0.770. The molecule has 4 heteroatoms. The molecule has 1 aromatic heterocycles. The number of unbranched alkanes of at least 4 members (excludes halogenated alkanes) is 1. The van der Waals surface area contributed by atoms with E-state index in [9.17, 15) is 0 Å². The molecule has 3 nitrogen and oxygen atoms in total. The van der Waals surface area contributed by atoms with Crippen LogP contribution in [0, 0.1) is 6.92 Å². The molecular formula is C15H20ClN3. The summed E-state index contributed by atoms with van der Waals surface area (Å²) >= 11 is 6.42. The first-order valence-electron chi connectivity index (χ1n) is 6.87. The monoisotopic (exact) mass is 277 g/mol. The van der Waals surface area contributed by atoms with E-state index in [0.717, 1.165) is 35.2 Å². The molecule has 0 fully saturated rings. The summed E-state index contributed by atoms with van der Waals surface area (Å²) in [7, 11) is 0. The highest BCUT2D eigenvalue weighted by molar-refractivity contribution is 6.32. The molecule has 1 aromatic carbocycles. The number of nitrogens with zero attached hydrogens (tertiary/aromatic N) is 3. The highest BCUT2D eigenvalue weighted by Crippen LogP contribution is 2.25. The van der Waals surface area contributed by atoms with Gasteiger partial charge in [-0.05, 0) is 37.5 Å². The maximum absolute atomic E-state index is 6.42. The Hall–Kier alpha value is -1.35. The third-order valence-electron chi connectivity index (χ3n) is 3.28. The van der Waals surface area contributed by atoms with Crippen molar-refractivity contribution in [2.75, 3.05) is 0 Å². The summed E-state index contributed by atoms with van der Waals surface area (Å²) in [6, 6.07) is 6.28. The van der Waals surface area contributed by atoms with Gasteiger partial charge in [-0.15, -0.1) is 10.2 Å². The van der Waals surface area contributed by atoms with Crippen LogP contribution >= 0.6 is 11.6 Å². The number of benzene rings is 1. The largest absolute Gasteiger partial charge is 0.282 e. The molecule has 0 aliphatic carbocycles. The van der Waals surface area contributed by atoms with E-state index in [0.29, 0.717) is 0 Å². The van der Waals surface area contributed by atoms with Crippen LogP contribution < -0.4 is 0 Å². The summed E-state index contributed by atoms with van der Waals surface area (Å²) in [5.41, 5.74) is 2.26. The molecular weight excluding hydrogens is 258 g/mol. The van der Waals surface area contributed by atoms with Crippen LogP contribution in [0.5, 0.6) is 0 Å². The van der Waals surface area contributed by atoms with Crippen molar-refractivity contribution in [1.29, 1.82) is 0 Å². The van der Waals surface area contributed by atoms with Crippen LogP contribution in [-0.2, 0) is 12.8 Å². The standard InChI is InChI=1S/C15H20ClN3/c1-4-6-7-12-8-9-14(13(16)10-12)19-11(3)17-18-15(19)5-2/h8-10H,4-7H2,1-3H3. The molecule has 0 amide bonds. The number of rotatable bonds is 5. The van der Waals surface area contributed by atoms with Gasteiger partial charge in [0, 0.05) is 6.42 Å². The third kappa shape index (κ3) is 2.98. The Bertz CT molecular complexity index is 561. The highest BCUT2D eigenvalue weighted by atomic mass is 35.5. The van der Waals surface area contributed by atoms with Crippen LogP contribution in [-0.4, -0.2) is 14.8 Å². The SMILES string of the molecule is CCCCc1ccc(-n2c(C)nnc2CC)c(Cl)c1. The van der Waals surface area contributed by atoms with Gasteiger partial charge in [0.15, 0.2) is 0 Å². The summed E-state index contributed by atoms with van der Waals surface area (Å²) in [4.78, 5) is 0. The molecule has 19 heavy (non-hydrogen) atoms. The minimum atomic E-state index is 0.770. The number of hydrogen-bond donors (Lipinski definition) is 0. The van der Waals surface area contributed by atoms with Gasteiger partial charge in [-0.1, -0.05) is 37.9 Å². The van der Waals surface area contributed by atoms with Crippen molar-refractivity contribution in [1.82, 2.24) is 14.8 Å². The molecule has 0 N–H and O–H groups in total. The first-order chi connectivity index (χ1) is 9.17. The third-order valence-corrected chi connectivity index (χ3v) is 3.58. The normalized spacial score (nSPS) is 10.9. The van der Waals surface area contributed by atoms with Crippen LogP contribution in [0.25, 0.3) is 5.69 Å². The molecule has 0 radical (unpaired) electrons. The maximum atomic E-state index is 6.42. The molecule has 0 saturated heterocycles. The van der Waals surface area contributed by atoms with Gasteiger partial charge >= 0.3 is 0 Å². The van der Waals surface area contributed by atoms with E-state index in [1.54, 1.807) is 0 Å². The quantitative estimate of drug-likeness (QED) is 0.822. The van der Waals surface area contributed by atoms with E-state index >= 15 is 0 Å². The molecule has 0 unspecified atom stereocenters. The second kappa shape index (κ2) is 6.20. The van der Waals surface area contributed by atoms with Crippen LogP contribution in [0.15, 0.2) is 18.2 Å². The molecule has 0 aliphatic rings. The van der Waals surface area contributed by atoms with Gasteiger partial charge < -0.3 is 0 Å². The van der Waals surface area contributed by atoms with Crippen molar-refractivity contribution in [2.24, 2.45) is 0 Å². The Morgan fingerprint density at radius 2 is 2.00 bits per heavy atom. The Morgan fingerprint density at radius 1 is 1.21 bits per heavy atom. The number of aryl methyl sites for hydroxylation is 3. The first kappa shape index (κ1) is 14.1. The fraction of sp³-hybridized carbons (Fsp3) is 0.467. The number of hydrogen-bond acceptors (Lipinski definition) is 2. The van der Waals surface area contributed by atoms with E-state index in [-0.39, 0.29) is 0 Å². The molecule has 2 rings (SSSR count). The summed E-state index contributed by atoms with van der Waals surface area (Å²) < 4.78 is 2.03. The number of halogens is 1. The smallest absolute Gasteiger partial charge is 0.137 e. The van der Waals surface area contributed by atoms with Gasteiger partial charge in [-0.2, -0.15) is 0 Å². The Morgan fingerprint density at radius 3 is 2.63 bits per heavy atom. The molecule has 2 aromatic rings. The van der Waals surface area contributed by atoms with E-state index in [1.165, 1.54) is 18.4 Å². The Kier molecular flexibility index (Phi) is 4.59. The molecule has 0 bridgehead atoms. The molecule has 0 spiro atoms. The average molecular weight is 278 g/mol. The van der Waals surface area contributed by atoms with Gasteiger partial charge in [0.05, 0.1) is 10.7 Å². The fourth-order valence-corrected chi connectivity index (χ4v) is 2.50. The first-order valence-corrected chi connectivity index (χ1v) is 7.24. The van der Waals surface area contributed by atoms with E-state index in [2.05, 4.69) is 42.2 Å². The van der Waals surface area contributed by atoms with Gasteiger partial charge in [-0.3, -0.25) is 4.57 Å². The Labute approximate surface area is 119 Å². The van der Waals surface area contributed by atoms with Gasteiger partial charge in [0.1, 0.15) is 11.6 Å². The molecule has 0 atom stereocenters. The highest BCUT2D eigenvalue weighted by Gasteiger charge is 2.12. The maximum Gasteiger partial charge on any atom is 0.137 e. The molecule has 0 saturated carbocycles. The zero-order valence-corrected chi connectivity index (χ0v) is 12.5. The van der Waals surface area contributed by atoms with Crippen LogP contribution in [0.2, 0.25) is 5.02 Å². The second-order valence-corrected chi connectivity index (χ2v) is 5.15. The van der Waals surface area contributed by atoms with E-state index in [4.69, 9.17) is 11.6 Å².